The van der Waals surface area contributed by atoms with Crippen molar-refractivity contribution in [1.29, 1.82) is 0 Å². The van der Waals surface area contributed by atoms with E-state index in [0.717, 1.165) is 18.4 Å². The lowest BCUT2D eigenvalue weighted by Gasteiger charge is -2.31. The molecule has 0 saturated heterocycles. The summed E-state index contributed by atoms with van der Waals surface area (Å²) >= 11 is 5.90. The van der Waals surface area contributed by atoms with Gasteiger partial charge >= 0.3 is 0 Å². The molecule has 0 aromatic heterocycles. The van der Waals surface area contributed by atoms with Gasteiger partial charge in [-0.1, -0.05) is 17.7 Å². The van der Waals surface area contributed by atoms with Crippen molar-refractivity contribution in [3.8, 4) is 5.75 Å². The van der Waals surface area contributed by atoms with Gasteiger partial charge in [0.1, 0.15) is 5.75 Å². The highest BCUT2D eigenvalue weighted by Gasteiger charge is 2.32. The van der Waals surface area contributed by atoms with Gasteiger partial charge in [0.2, 0.25) is 0 Å². The number of methoxy groups -OCH3 is 1. The first-order valence-corrected chi connectivity index (χ1v) is 5.09. The van der Waals surface area contributed by atoms with Gasteiger partial charge in [-0.05, 0) is 30.5 Å². The Balaban J connectivity index is 2.26. The molecule has 2 unspecified atom stereocenters. The zero-order valence-electron chi connectivity index (χ0n) is 8.00. The minimum Gasteiger partial charge on any atom is -0.495 e. The van der Waals surface area contributed by atoms with E-state index in [0.29, 0.717) is 10.8 Å². The van der Waals surface area contributed by atoms with Crippen molar-refractivity contribution in [2.45, 2.75) is 24.9 Å². The maximum absolute atomic E-state index is 11.3. The van der Waals surface area contributed by atoms with Crippen LogP contribution in [0.1, 0.15) is 24.3 Å². The molecule has 1 aromatic carbocycles. The van der Waals surface area contributed by atoms with E-state index in [4.69, 9.17) is 16.3 Å². The first-order valence-electron chi connectivity index (χ1n) is 4.71. The Bertz CT molecular complexity index is 338. The fourth-order valence-electron chi connectivity index (χ4n) is 1.76. The molecule has 0 heterocycles. The molecule has 0 bridgehead atoms. The summed E-state index contributed by atoms with van der Waals surface area (Å²) in [6, 6.07) is 5.58. The molecule has 1 aliphatic rings. The smallest absolute Gasteiger partial charge is 0.137 e. The first kappa shape index (κ1) is 9.81. The van der Waals surface area contributed by atoms with Gasteiger partial charge in [0.15, 0.2) is 0 Å². The van der Waals surface area contributed by atoms with Gasteiger partial charge < -0.3 is 4.74 Å². The van der Waals surface area contributed by atoms with E-state index >= 15 is 0 Å². The first-order chi connectivity index (χ1) is 6.72. The highest BCUT2D eigenvalue weighted by Crippen LogP contribution is 2.39. The third-order valence-electron chi connectivity index (χ3n) is 2.81. The fourth-order valence-corrected chi connectivity index (χ4v) is 1.95. The molecule has 1 fully saturated rings. The molecule has 3 heteroatoms. The quantitative estimate of drug-likeness (QED) is 0.739. The lowest BCUT2D eigenvalue weighted by atomic mass is 9.77. The summed E-state index contributed by atoms with van der Waals surface area (Å²) < 4.78 is 5.11. The fraction of sp³-hybridized carbons (Fsp3) is 0.455. The summed E-state index contributed by atoms with van der Waals surface area (Å²) in [6.45, 7) is 0. The lowest BCUT2D eigenvalue weighted by molar-refractivity contribution is 0.00194. The van der Waals surface area contributed by atoms with E-state index < -0.39 is 6.10 Å². The third kappa shape index (κ3) is 1.60. The van der Waals surface area contributed by atoms with Gasteiger partial charge in [-0.2, -0.15) is 0 Å². The standard InChI is InChI=1S/C11H12ClO2/c1-14-11-6-7(2-4-9(11)12)8-3-5-10(8)13/h2,4,6,8,10H,3,5H2,1H3. The van der Waals surface area contributed by atoms with Gasteiger partial charge in [-0.25, -0.2) is 5.11 Å². The maximum Gasteiger partial charge on any atom is 0.137 e. The minimum absolute atomic E-state index is 0.154. The second-order valence-electron chi connectivity index (χ2n) is 3.62. The predicted octanol–water partition coefficient (Wildman–Crippen LogP) is 3.03. The molecule has 2 nitrogen and oxygen atoms in total. The number of hydrogen-bond donors (Lipinski definition) is 0. The summed E-state index contributed by atoms with van der Waals surface area (Å²) in [5.41, 5.74) is 1.05. The van der Waals surface area contributed by atoms with Crippen molar-refractivity contribution < 1.29 is 9.84 Å². The highest BCUT2D eigenvalue weighted by molar-refractivity contribution is 6.32. The van der Waals surface area contributed by atoms with Crippen molar-refractivity contribution in [3.63, 3.8) is 0 Å². The van der Waals surface area contributed by atoms with E-state index in [2.05, 4.69) is 0 Å². The summed E-state index contributed by atoms with van der Waals surface area (Å²) in [5.74, 6) is 0.810. The summed E-state index contributed by atoms with van der Waals surface area (Å²) in [5, 5.41) is 11.9. The van der Waals surface area contributed by atoms with Crippen LogP contribution in [0.4, 0.5) is 0 Å². The molecule has 0 aliphatic heterocycles. The molecular formula is C11H12ClO2. The number of ether oxygens (including phenoxy) is 1. The van der Waals surface area contributed by atoms with Crippen LogP contribution in [0.15, 0.2) is 18.2 Å². The maximum atomic E-state index is 11.3. The SMILES string of the molecule is COc1cc(C2CCC2[O])ccc1Cl. The zero-order chi connectivity index (χ0) is 10.1. The van der Waals surface area contributed by atoms with Crippen molar-refractivity contribution >= 4 is 11.6 Å². The average Bonchev–Trinajstić information content (AvgIpc) is 2.18. The van der Waals surface area contributed by atoms with E-state index in [9.17, 15) is 5.11 Å². The van der Waals surface area contributed by atoms with Gasteiger partial charge in [-0.15, -0.1) is 0 Å². The van der Waals surface area contributed by atoms with Crippen LogP contribution in [0, 0.1) is 0 Å². The number of benzene rings is 1. The topological polar surface area (TPSA) is 29.1 Å². The summed E-state index contributed by atoms with van der Waals surface area (Å²) in [7, 11) is 1.58. The van der Waals surface area contributed by atoms with Crippen LogP contribution in [0.2, 0.25) is 5.02 Å². The monoisotopic (exact) mass is 211 g/mol. The Labute approximate surface area is 88.5 Å². The zero-order valence-corrected chi connectivity index (χ0v) is 8.75. The number of hydrogen-bond acceptors (Lipinski definition) is 1. The van der Waals surface area contributed by atoms with Crippen LogP contribution in [-0.4, -0.2) is 13.2 Å². The largest absolute Gasteiger partial charge is 0.495 e. The number of rotatable bonds is 2. The Kier molecular flexibility index (Phi) is 2.66. The molecular weight excluding hydrogens is 200 g/mol. The van der Waals surface area contributed by atoms with Crippen LogP contribution in [0.5, 0.6) is 5.75 Å². The van der Waals surface area contributed by atoms with E-state index in [1.807, 2.05) is 12.1 Å². The molecule has 2 atom stereocenters. The molecule has 75 valence electrons. The van der Waals surface area contributed by atoms with Gasteiger partial charge in [-0.3, -0.25) is 0 Å². The lowest BCUT2D eigenvalue weighted by Crippen LogP contribution is -2.27. The van der Waals surface area contributed by atoms with Crippen LogP contribution in [0.3, 0.4) is 0 Å². The average molecular weight is 212 g/mol. The van der Waals surface area contributed by atoms with Gasteiger partial charge in [0.25, 0.3) is 0 Å². The van der Waals surface area contributed by atoms with Crippen LogP contribution in [0.25, 0.3) is 0 Å². The normalized spacial score (nSPS) is 25.6. The van der Waals surface area contributed by atoms with Gasteiger partial charge in [0, 0.05) is 5.92 Å². The van der Waals surface area contributed by atoms with Crippen LogP contribution >= 0.6 is 11.6 Å². The minimum atomic E-state index is -0.444. The van der Waals surface area contributed by atoms with E-state index in [1.165, 1.54) is 0 Å². The van der Waals surface area contributed by atoms with Crippen molar-refractivity contribution in [2.24, 2.45) is 0 Å². The van der Waals surface area contributed by atoms with Crippen LogP contribution in [-0.2, 0) is 5.11 Å². The molecule has 2 rings (SSSR count). The molecule has 0 N–H and O–H groups in total. The number of halogens is 1. The summed E-state index contributed by atoms with van der Waals surface area (Å²) in [4.78, 5) is 0. The molecule has 1 aromatic rings. The van der Waals surface area contributed by atoms with Crippen molar-refractivity contribution in [1.82, 2.24) is 0 Å². The van der Waals surface area contributed by atoms with E-state index in [1.54, 1.807) is 13.2 Å². The Morgan fingerprint density at radius 3 is 2.71 bits per heavy atom. The predicted molar refractivity (Wildman–Crippen MR) is 54.5 cm³/mol. The third-order valence-corrected chi connectivity index (χ3v) is 3.13. The molecule has 14 heavy (non-hydrogen) atoms. The molecule has 0 spiro atoms. The Hall–Kier alpha value is -0.730. The second-order valence-corrected chi connectivity index (χ2v) is 4.02. The molecule has 1 radical (unpaired) electrons. The molecule has 1 saturated carbocycles. The van der Waals surface area contributed by atoms with Gasteiger partial charge in [0.05, 0.1) is 18.2 Å². The molecule has 0 amide bonds. The Morgan fingerprint density at radius 1 is 1.43 bits per heavy atom. The van der Waals surface area contributed by atoms with Crippen molar-refractivity contribution in [3.05, 3.63) is 28.8 Å². The Morgan fingerprint density at radius 2 is 2.21 bits per heavy atom. The highest BCUT2D eigenvalue weighted by atomic mass is 35.5. The molecule has 1 aliphatic carbocycles. The van der Waals surface area contributed by atoms with E-state index in [-0.39, 0.29) is 5.92 Å². The van der Waals surface area contributed by atoms with Crippen LogP contribution < -0.4 is 4.74 Å². The second kappa shape index (κ2) is 3.79. The summed E-state index contributed by atoms with van der Waals surface area (Å²) in [6.07, 6.45) is 1.33. The van der Waals surface area contributed by atoms with Crippen molar-refractivity contribution in [2.75, 3.05) is 7.11 Å².